The number of aryl methyl sites for hydroxylation is 1. The van der Waals surface area contributed by atoms with Crippen molar-refractivity contribution in [3.8, 4) is 11.3 Å². The number of rotatable bonds is 7. The Morgan fingerprint density at radius 3 is 2.81 bits per heavy atom. The summed E-state index contributed by atoms with van der Waals surface area (Å²) in [4.78, 5) is 0. The summed E-state index contributed by atoms with van der Waals surface area (Å²) in [5.74, 6) is 0.492. The van der Waals surface area contributed by atoms with Gasteiger partial charge in [-0.25, -0.2) is 0 Å². The Kier molecular flexibility index (Phi) is 5.53. The summed E-state index contributed by atoms with van der Waals surface area (Å²) in [7, 11) is 0. The first-order valence-corrected chi connectivity index (χ1v) is 7.55. The van der Waals surface area contributed by atoms with Crippen molar-refractivity contribution in [3.63, 3.8) is 0 Å². The quantitative estimate of drug-likeness (QED) is 0.734. The Morgan fingerprint density at radius 1 is 1.33 bits per heavy atom. The van der Waals surface area contributed by atoms with Crippen molar-refractivity contribution in [2.45, 2.75) is 39.8 Å². The highest BCUT2D eigenvalue weighted by molar-refractivity contribution is 5.63. The summed E-state index contributed by atoms with van der Waals surface area (Å²) in [5.41, 5.74) is 4.62. The number of aromatic amines is 1. The monoisotopic (exact) mass is 287 g/mol. The van der Waals surface area contributed by atoms with E-state index < -0.39 is 0 Å². The van der Waals surface area contributed by atoms with Crippen LogP contribution in [-0.4, -0.2) is 28.0 Å². The minimum Gasteiger partial charge on any atom is -0.396 e. The molecule has 114 valence electrons. The maximum absolute atomic E-state index is 9.15. The van der Waals surface area contributed by atoms with E-state index in [0.717, 1.165) is 29.8 Å². The highest BCUT2D eigenvalue weighted by atomic mass is 16.3. The molecule has 21 heavy (non-hydrogen) atoms. The van der Waals surface area contributed by atoms with Gasteiger partial charge in [-0.15, -0.1) is 0 Å². The molecule has 4 nitrogen and oxygen atoms in total. The third kappa shape index (κ3) is 4.16. The second kappa shape index (κ2) is 7.38. The van der Waals surface area contributed by atoms with Crippen LogP contribution >= 0.6 is 0 Å². The average Bonchev–Trinajstić information content (AvgIpc) is 2.91. The molecule has 0 saturated heterocycles. The van der Waals surface area contributed by atoms with Crippen LogP contribution in [0, 0.1) is 12.8 Å². The molecule has 0 fully saturated rings. The number of hydrogen-bond acceptors (Lipinski definition) is 3. The van der Waals surface area contributed by atoms with Gasteiger partial charge in [-0.1, -0.05) is 37.6 Å². The van der Waals surface area contributed by atoms with Gasteiger partial charge >= 0.3 is 0 Å². The number of benzene rings is 1. The van der Waals surface area contributed by atoms with Crippen molar-refractivity contribution < 1.29 is 5.11 Å². The summed E-state index contributed by atoms with van der Waals surface area (Å²) < 4.78 is 0. The zero-order valence-corrected chi connectivity index (χ0v) is 13.1. The molecule has 2 rings (SSSR count). The molecule has 0 bridgehead atoms. The number of aliphatic hydroxyl groups excluding tert-OH is 1. The number of hydrogen-bond donors (Lipinski definition) is 3. The van der Waals surface area contributed by atoms with Crippen LogP contribution in [-0.2, 0) is 6.54 Å². The molecular formula is C17H25N3O. The normalized spacial score (nSPS) is 12.8. The predicted octanol–water partition coefficient (Wildman–Crippen LogP) is 2.88. The summed E-state index contributed by atoms with van der Waals surface area (Å²) in [6.45, 7) is 7.40. The maximum Gasteiger partial charge on any atom is 0.0695 e. The molecule has 0 saturated carbocycles. The molecular weight excluding hydrogens is 262 g/mol. The van der Waals surface area contributed by atoms with E-state index in [9.17, 15) is 0 Å². The molecule has 0 aliphatic carbocycles. The number of aliphatic hydroxyl groups is 1. The first-order chi connectivity index (χ1) is 10.1. The lowest BCUT2D eigenvalue weighted by Gasteiger charge is -2.21. The standard InChI is InChI=1S/C17H25N3O/c1-12(2)16(7-8-21)18-10-15-11-19-20-17(15)14-6-4-5-13(3)9-14/h4-6,9,11-12,16,18,21H,7-8,10H2,1-3H3,(H,19,20). The second-order valence-electron chi connectivity index (χ2n) is 5.88. The summed E-state index contributed by atoms with van der Waals surface area (Å²) >= 11 is 0. The molecule has 4 heteroatoms. The van der Waals surface area contributed by atoms with Gasteiger partial charge in [0.15, 0.2) is 0 Å². The molecule has 2 aromatic rings. The third-order valence-corrected chi connectivity index (χ3v) is 3.82. The van der Waals surface area contributed by atoms with E-state index in [4.69, 9.17) is 5.11 Å². The number of H-pyrrole nitrogens is 1. The molecule has 0 spiro atoms. The Labute approximate surface area is 126 Å². The highest BCUT2D eigenvalue weighted by Gasteiger charge is 2.14. The Bertz CT molecular complexity index is 563. The first-order valence-electron chi connectivity index (χ1n) is 7.55. The molecule has 1 heterocycles. The summed E-state index contributed by atoms with van der Waals surface area (Å²) in [5, 5.41) is 20.0. The Hall–Kier alpha value is -1.65. The van der Waals surface area contributed by atoms with Gasteiger partial charge in [0.1, 0.15) is 0 Å². The van der Waals surface area contributed by atoms with Crippen molar-refractivity contribution in [1.29, 1.82) is 0 Å². The largest absolute Gasteiger partial charge is 0.396 e. The van der Waals surface area contributed by atoms with Crippen LogP contribution in [0.3, 0.4) is 0 Å². The zero-order valence-electron chi connectivity index (χ0n) is 13.1. The molecule has 1 unspecified atom stereocenters. The number of aromatic nitrogens is 2. The van der Waals surface area contributed by atoms with Crippen molar-refractivity contribution in [3.05, 3.63) is 41.6 Å². The fraction of sp³-hybridized carbons (Fsp3) is 0.471. The van der Waals surface area contributed by atoms with Crippen molar-refractivity contribution in [2.75, 3.05) is 6.61 Å². The molecule has 0 aliphatic rings. The molecule has 0 aliphatic heterocycles. The van der Waals surface area contributed by atoms with Gasteiger partial charge in [-0.05, 0) is 25.3 Å². The van der Waals surface area contributed by atoms with Crippen LogP contribution in [0.1, 0.15) is 31.4 Å². The van der Waals surface area contributed by atoms with Crippen LogP contribution in [0.4, 0.5) is 0 Å². The van der Waals surface area contributed by atoms with Crippen LogP contribution in [0.2, 0.25) is 0 Å². The topological polar surface area (TPSA) is 60.9 Å². The lowest BCUT2D eigenvalue weighted by molar-refractivity contribution is 0.244. The van der Waals surface area contributed by atoms with Crippen LogP contribution in [0.15, 0.2) is 30.5 Å². The lowest BCUT2D eigenvalue weighted by Crippen LogP contribution is -2.34. The summed E-state index contributed by atoms with van der Waals surface area (Å²) in [6, 6.07) is 8.72. The maximum atomic E-state index is 9.15. The lowest BCUT2D eigenvalue weighted by atomic mass is 10.0. The van der Waals surface area contributed by atoms with E-state index in [1.807, 2.05) is 6.20 Å². The summed E-state index contributed by atoms with van der Waals surface area (Å²) in [6.07, 6.45) is 2.65. The Morgan fingerprint density at radius 2 is 2.14 bits per heavy atom. The van der Waals surface area contributed by atoms with Gasteiger partial charge in [0, 0.05) is 30.3 Å². The average molecular weight is 287 g/mol. The van der Waals surface area contributed by atoms with Crippen molar-refractivity contribution >= 4 is 0 Å². The number of nitrogens with zero attached hydrogens (tertiary/aromatic N) is 1. The van der Waals surface area contributed by atoms with E-state index in [1.165, 1.54) is 5.56 Å². The van der Waals surface area contributed by atoms with Gasteiger partial charge in [0.05, 0.1) is 11.9 Å². The van der Waals surface area contributed by atoms with Crippen molar-refractivity contribution in [2.24, 2.45) is 5.92 Å². The van der Waals surface area contributed by atoms with E-state index in [-0.39, 0.29) is 6.61 Å². The van der Waals surface area contributed by atoms with E-state index in [1.54, 1.807) is 0 Å². The zero-order chi connectivity index (χ0) is 15.2. The SMILES string of the molecule is Cc1cccc(-c2[nH]ncc2CNC(CCO)C(C)C)c1. The van der Waals surface area contributed by atoms with Gasteiger partial charge < -0.3 is 10.4 Å². The van der Waals surface area contributed by atoms with Crippen LogP contribution in [0.5, 0.6) is 0 Å². The molecule has 0 amide bonds. The second-order valence-corrected chi connectivity index (χ2v) is 5.88. The minimum atomic E-state index is 0.214. The van der Waals surface area contributed by atoms with Crippen molar-refractivity contribution in [1.82, 2.24) is 15.5 Å². The molecule has 1 aromatic carbocycles. The highest BCUT2D eigenvalue weighted by Crippen LogP contribution is 2.22. The minimum absolute atomic E-state index is 0.214. The molecule has 0 radical (unpaired) electrons. The van der Waals surface area contributed by atoms with Crippen LogP contribution in [0.25, 0.3) is 11.3 Å². The first kappa shape index (κ1) is 15.7. The number of nitrogens with one attached hydrogen (secondary N) is 2. The van der Waals surface area contributed by atoms with E-state index >= 15 is 0 Å². The molecule has 3 N–H and O–H groups in total. The third-order valence-electron chi connectivity index (χ3n) is 3.82. The van der Waals surface area contributed by atoms with Crippen LogP contribution < -0.4 is 5.32 Å². The predicted molar refractivity (Wildman–Crippen MR) is 85.9 cm³/mol. The molecule has 1 atom stereocenters. The van der Waals surface area contributed by atoms with Gasteiger partial charge in [-0.2, -0.15) is 5.10 Å². The van der Waals surface area contributed by atoms with Gasteiger partial charge in [0.25, 0.3) is 0 Å². The van der Waals surface area contributed by atoms with E-state index in [0.29, 0.717) is 12.0 Å². The fourth-order valence-corrected chi connectivity index (χ4v) is 2.55. The Balaban J connectivity index is 2.10. The van der Waals surface area contributed by atoms with Gasteiger partial charge in [-0.3, -0.25) is 5.10 Å². The fourth-order valence-electron chi connectivity index (χ4n) is 2.55. The van der Waals surface area contributed by atoms with Gasteiger partial charge in [0.2, 0.25) is 0 Å². The molecule has 1 aromatic heterocycles. The smallest absolute Gasteiger partial charge is 0.0695 e. The van der Waals surface area contributed by atoms with E-state index in [2.05, 4.69) is 60.6 Å².